The normalized spacial score (nSPS) is 38.3. The molecule has 1 saturated heterocycles. The van der Waals surface area contributed by atoms with Gasteiger partial charge in [0, 0.05) is 9.65 Å². The van der Waals surface area contributed by atoms with Crippen LogP contribution in [0.25, 0.3) is 0 Å². The minimum Gasteiger partial charge on any atom is -0.545 e. The van der Waals surface area contributed by atoms with Crippen molar-refractivity contribution in [2.75, 3.05) is 4.90 Å². The lowest BCUT2D eigenvalue weighted by Crippen LogP contribution is -2.37. The van der Waals surface area contributed by atoms with Crippen molar-refractivity contribution in [1.29, 1.82) is 0 Å². The summed E-state index contributed by atoms with van der Waals surface area (Å²) in [5.41, 5.74) is 0.271. The Labute approximate surface area is 149 Å². The van der Waals surface area contributed by atoms with Crippen LogP contribution in [0.1, 0.15) is 16.8 Å². The first-order valence-corrected chi connectivity index (χ1v) is 9.22. The SMILES string of the molecule is O=C([O-])c1cccc(N2C(=O)C3C4CC(C(Br)C4Br)C3C2=O)c1. The molecule has 0 N–H and O–H groups in total. The number of carboxylic acids is 1. The summed E-state index contributed by atoms with van der Waals surface area (Å²) in [5, 5.41) is 11.0. The van der Waals surface area contributed by atoms with Gasteiger partial charge in [-0.1, -0.05) is 44.0 Å². The van der Waals surface area contributed by atoms with E-state index < -0.39 is 5.97 Å². The van der Waals surface area contributed by atoms with Gasteiger partial charge in [-0.3, -0.25) is 14.5 Å². The van der Waals surface area contributed by atoms with Gasteiger partial charge in [0.15, 0.2) is 0 Å². The fourth-order valence-corrected chi connectivity index (χ4v) is 6.25. The predicted molar refractivity (Wildman–Crippen MR) is 87.3 cm³/mol. The van der Waals surface area contributed by atoms with Gasteiger partial charge in [0.2, 0.25) is 11.8 Å². The van der Waals surface area contributed by atoms with E-state index in [0.717, 1.165) is 11.3 Å². The first-order chi connectivity index (χ1) is 10.9. The van der Waals surface area contributed by atoms with Crippen LogP contribution in [0.2, 0.25) is 0 Å². The number of carboxylic acid groups (broad SMARTS) is 1. The molecule has 0 radical (unpaired) electrons. The van der Waals surface area contributed by atoms with Crippen LogP contribution in [0, 0.1) is 23.7 Å². The largest absolute Gasteiger partial charge is 0.545 e. The van der Waals surface area contributed by atoms with Crippen molar-refractivity contribution < 1.29 is 19.5 Å². The number of rotatable bonds is 2. The van der Waals surface area contributed by atoms with E-state index in [1.807, 2.05) is 0 Å². The molecule has 1 heterocycles. The minimum atomic E-state index is -1.33. The number of halogens is 2. The highest BCUT2D eigenvalue weighted by Crippen LogP contribution is 2.60. The third kappa shape index (κ3) is 1.99. The Morgan fingerprint density at radius 3 is 2.17 bits per heavy atom. The second-order valence-corrected chi connectivity index (χ2v) is 8.47. The molecule has 1 aliphatic heterocycles. The van der Waals surface area contributed by atoms with Crippen LogP contribution in [0.4, 0.5) is 5.69 Å². The second kappa shape index (κ2) is 5.14. The lowest BCUT2D eigenvalue weighted by atomic mass is 9.81. The zero-order chi connectivity index (χ0) is 16.5. The van der Waals surface area contributed by atoms with Crippen LogP contribution in [0.3, 0.4) is 0 Å². The molecule has 120 valence electrons. The van der Waals surface area contributed by atoms with Crippen molar-refractivity contribution in [2.45, 2.75) is 16.1 Å². The van der Waals surface area contributed by atoms with E-state index in [-0.39, 0.29) is 50.7 Å². The van der Waals surface area contributed by atoms with Crippen LogP contribution in [-0.4, -0.2) is 27.4 Å². The van der Waals surface area contributed by atoms with E-state index in [2.05, 4.69) is 31.9 Å². The molecule has 0 aromatic heterocycles. The molecular formula is C16H12Br2NO4-. The summed E-state index contributed by atoms with van der Waals surface area (Å²) in [4.78, 5) is 38.2. The highest BCUT2D eigenvalue weighted by Gasteiger charge is 2.66. The number of hydrogen-bond donors (Lipinski definition) is 0. The Morgan fingerprint density at radius 2 is 1.65 bits per heavy atom. The maximum Gasteiger partial charge on any atom is 0.238 e. The number of carbonyl (C=O) groups is 3. The Hall–Kier alpha value is -1.21. The van der Waals surface area contributed by atoms with E-state index in [1.54, 1.807) is 6.07 Å². The van der Waals surface area contributed by atoms with Gasteiger partial charge in [0.1, 0.15) is 0 Å². The zero-order valence-corrected chi connectivity index (χ0v) is 15.0. The number of benzene rings is 1. The number of imide groups is 1. The molecule has 1 aromatic rings. The Morgan fingerprint density at radius 1 is 1.09 bits per heavy atom. The van der Waals surface area contributed by atoms with E-state index in [0.29, 0.717) is 5.69 Å². The van der Waals surface area contributed by atoms with Crippen LogP contribution in [0.5, 0.6) is 0 Å². The molecule has 7 heteroatoms. The number of fused-ring (bicyclic) bond motifs is 5. The molecule has 3 fully saturated rings. The molecule has 2 aliphatic carbocycles. The number of alkyl halides is 2. The molecule has 2 bridgehead atoms. The maximum absolute atomic E-state index is 12.8. The van der Waals surface area contributed by atoms with Gasteiger partial charge >= 0.3 is 0 Å². The topological polar surface area (TPSA) is 77.5 Å². The monoisotopic (exact) mass is 440 g/mol. The predicted octanol–water partition coefficient (Wildman–Crippen LogP) is 1.33. The quantitative estimate of drug-likeness (QED) is 0.512. The summed E-state index contributed by atoms with van der Waals surface area (Å²) < 4.78 is 0. The molecule has 6 unspecified atom stereocenters. The molecule has 1 aromatic carbocycles. The molecule has 4 rings (SSSR count). The number of carbonyl (C=O) groups excluding carboxylic acids is 3. The number of amides is 2. The van der Waals surface area contributed by atoms with Crippen molar-refractivity contribution in [3.05, 3.63) is 29.8 Å². The van der Waals surface area contributed by atoms with Gasteiger partial charge in [-0.15, -0.1) is 0 Å². The van der Waals surface area contributed by atoms with Gasteiger partial charge in [0.25, 0.3) is 0 Å². The van der Waals surface area contributed by atoms with E-state index >= 15 is 0 Å². The van der Waals surface area contributed by atoms with Gasteiger partial charge < -0.3 is 9.90 Å². The van der Waals surface area contributed by atoms with Crippen molar-refractivity contribution in [2.24, 2.45) is 23.7 Å². The highest BCUT2D eigenvalue weighted by atomic mass is 79.9. The van der Waals surface area contributed by atoms with E-state index in [9.17, 15) is 19.5 Å². The minimum absolute atomic E-state index is 0.0418. The number of nitrogens with zero attached hydrogens (tertiary/aromatic N) is 1. The fourth-order valence-electron chi connectivity index (χ4n) is 4.38. The maximum atomic E-state index is 12.8. The van der Waals surface area contributed by atoms with E-state index in [1.165, 1.54) is 18.2 Å². The lowest BCUT2D eigenvalue weighted by molar-refractivity contribution is -0.255. The first kappa shape index (κ1) is 15.3. The highest BCUT2D eigenvalue weighted by molar-refractivity contribution is 9.12. The molecule has 2 saturated carbocycles. The van der Waals surface area contributed by atoms with Crippen LogP contribution in [0.15, 0.2) is 24.3 Å². The van der Waals surface area contributed by atoms with Gasteiger partial charge in [0.05, 0.1) is 23.5 Å². The average molecular weight is 442 g/mol. The van der Waals surface area contributed by atoms with Crippen molar-refractivity contribution in [3.63, 3.8) is 0 Å². The average Bonchev–Trinajstić information content (AvgIpc) is 3.12. The third-order valence-corrected chi connectivity index (χ3v) is 8.53. The summed E-state index contributed by atoms with van der Waals surface area (Å²) >= 11 is 7.27. The fraction of sp³-hybridized carbons (Fsp3) is 0.438. The standard InChI is InChI=1S/C16H13Br2NO4/c17-12-8-5-9(13(12)18)11-10(8)14(20)19(15(11)21)7-3-1-2-6(4-7)16(22)23/h1-4,8-13H,5H2,(H,22,23)/p-1. The Bertz CT molecular complexity index is 705. The van der Waals surface area contributed by atoms with Crippen molar-refractivity contribution in [1.82, 2.24) is 0 Å². The molecule has 2 amide bonds. The summed E-state index contributed by atoms with van der Waals surface area (Å²) in [6, 6.07) is 5.81. The van der Waals surface area contributed by atoms with Crippen LogP contribution in [-0.2, 0) is 9.59 Å². The molecule has 6 atom stereocenters. The molecule has 0 spiro atoms. The summed E-state index contributed by atoms with van der Waals surface area (Å²) in [5.74, 6) is -2.10. The first-order valence-electron chi connectivity index (χ1n) is 7.39. The van der Waals surface area contributed by atoms with Crippen LogP contribution >= 0.6 is 31.9 Å². The molecular weight excluding hydrogens is 430 g/mol. The summed E-state index contributed by atoms with van der Waals surface area (Å²) in [6.45, 7) is 0. The number of aromatic carboxylic acids is 1. The number of hydrogen-bond acceptors (Lipinski definition) is 4. The summed E-state index contributed by atoms with van der Waals surface area (Å²) in [6.07, 6.45) is 0.867. The van der Waals surface area contributed by atoms with Crippen LogP contribution < -0.4 is 10.0 Å². The Balaban J connectivity index is 1.73. The smallest absolute Gasteiger partial charge is 0.238 e. The molecule has 23 heavy (non-hydrogen) atoms. The number of anilines is 1. The molecule has 5 nitrogen and oxygen atoms in total. The zero-order valence-electron chi connectivity index (χ0n) is 11.8. The summed E-state index contributed by atoms with van der Waals surface area (Å²) in [7, 11) is 0. The lowest BCUT2D eigenvalue weighted by Gasteiger charge is -2.28. The van der Waals surface area contributed by atoms with Gasteiger partial charge in [-0.2, -0.15) is 0 Å². The van der Waals surface area contributed by atoms with Crippen molar-refractivity contribution >= 4 is 55.3 Å². The molecule has 3 aliphatic rings. The van der Waals surface area contributed by atoms with Gasteiger partial charge in [-0.25, -0.2) is 0 Å². The van der Waals surface area contributed by atoms with Crippen molar-refractivity contribution in [3.8, 4) is 0 Å². The van der Waals surface area contributed by atoms with E-state index in [4.69, 9.17) is 0 Å². The van der Waals surface area contributed by atoms with Gasteiger partial charge in [-0.05, 0) is 36.0 Å². The third-order valence-electron chi connectivity index (χ3n) is 5.33. The Kier molecular flexibility index (Phi) is 3.43. The second-order valence-electron chi connectivity index (χ2n) is 6.35.